The second kappa shape index (κ2) is 5.30. The molecule has 0 aliphatic rings. The van der Waals surface area contributed by atoms with Crippen LogP contribution in [0.4, 0.5) is 8.78 Å². The lowest BCUT2D eigenvalue weighted by molar-refractivity contribution is 0.608. The fourth-order valence-electron chi connectivity index (χ4n) is 2.23. The van der Waals surface area contributed by atoms with Gasteiger partial charge in [-0.25, -0.2) is 8.78 Å². The van der Waals surface area contributed by atoms with Gasteiger partial charge in [0.15, 0.2) is 0 Å². The Hall–Kier alpha value is -1.41. The minimum atomic E-state index is -0.404. The summed E-state index contributed by atoms with van der Waals surface area (Å²) in [7, 11) is 0. The summed E-state index contributed by atoms with van der Waals surface area (Å²) < 4.78 is 26.7. The zero-order valence-corrected chi connectivity index (χ0v) is 11.9. The smallest absolute Gasteiger partial charge is 0.129 e. The molecule has 0 saturated heterocycles. The molecule has 19 heavy (non-hydrogen) atoms. The highest BCUT2D eigenvalue weighted by molar-refractivity contribution is 6.22. The molecule has 0 spiro atoms. The zero-order chi connectivity index (χ0) is 14.2. The largest absolute Gasteiger partial charge is 0.207 e. The molecule has 0 fully saturated rings. The number of aryl methyl sites for hydroxylation is 3. The van der Waals surface area contributed by atoms with Crippen LogP contribution in [0.15, 0.2) is 30.3 Å². The monoisotopic (exact) mass is 280 g/mol. The second-order valence-electron chi connectivity index (χ2n) is 4.83. The first kappa shape index (κ1) is 14.0. The lowest BCUT2D eigenvalue weighted by Gasteiger charge is -2.15. The van der Waals surface area contributed by atoms with Gasteiger partial charge < -0.3 is 0 Å². The van der Waals surface area contributed by atoms with Crippen molar-refractivity contribution in [1.29, 1.82) is 0 Å². The van der Waals surface area contributed by atoms with Gasteiger partial charge in [0.05, 0.1) is 5.38 Å². The molecular formula is C16H15ClF2. The Morgan fingerprint density at radius 3 is 2.00 bits per heavy atom. The minimum Gasteiger partial charge on any atom is -0.207 e. The lowest BCUT2D eigenvalue weighted by atomic mass is 9.97. The molecule has 0 amide bonds. The Labute approximate surface area is 117 Å². The fraction of sp³-hybridized carbons (Fsp3) is 0.250. The number of rotatable bonds is 2. The van der Waals surface area contributed by atoms with Crippen molar-refractivity contribution in [3.05, 3.63) is 69.8 Å². The first-order chi connectivity index (χ1) is 8.90. The molecule has 0 nitrogen and oxygen atoms in total. The van der Waals surface area contributed by atoms with E-state index in [9.17, 15) is 8.78 Å². The Bertz CT molecular complexity index is 597. The number of hydrogen-bond acceptors (Lipinski definition) is 0. The molecule has 0 bridgehead atoms. The van der Waals surface area contributed by atoms with E-state index in [4.69, 9.17) is 11.6 Å². The van der Waals surface area contributed by atoms with Gasteiger partial charge in [0, 0.05) is 0 Å². The Morgan fingerprint density at radius 1 is 0.895 bits per heavy atom. The second-order valence-corrected chi connectivity index (χ2v) is 5.27. The van der Waals surface area contributed by atoms with E-state index in [1.807, 2.05) is 6.92 Å². The third-order valence-electron chi connectivity index (χ3n) is 3.26. The highest BCUT2D eigenvalue weighted by Crippen LogP contribution is 2.33. The molecule has 1 atom stereocenters. The van der Waals surface area contributed by atoms with E-state index in [1.54, 1.807) is 32.0 Å². The molecule has 0 radical (unpaired) electrons. The van der Waals surface area contributed by atoms with Crippen molar-refractivity contribution in [3.8, 4) is 0 Å². The first-order valence-corrected chi connectivity index (χ1v) is 6.50. The Balaban J connectivity index is 2.47. The van der Waals surface area contributed by atoms with Crippen molar-refractivity contribution < 1.29 is 8.78 Å². The standard InChI is InChI=1S/C16H15ClF2/c1-9-8-13(18)4-5-14(9)15(17)12-6-10(2)16(19)11(3)7-12/h4-8,15H,1-3H3. The fourth-order valence-corrected chi connectivity index (χ4v) is 2.60. The quantitative estimate of drug-likeness (QED) is 0.662. The van der Waals surface area contributed by atoms with Gasteiger partial charge in [0.1, 0.15) is 11.6 Å². The molecule has 2 rings (SSSR count). The summed E-state index contributed by atoms with van der Waals surface area (Å²) in [4.78, 5) is 0. The molecule has 1 unspecified atom stereocenters. The summed E-state index contributed by atoms with van der Waals surface area (Å²) in [6, 6.07) is 8.00. The molecule has 0 N–H and O–H groups in total. The molecule has 0 aliphatic heterocycles. The molecule has 0 heterocycles. The van der Waals surface area contributed by atoms with Crippen LogP contribution in [0.25, 0.3) is 0 Å². The van der Waals surface area contributed by atoms with E-state index in [0.29, 0.717) is 11.1 Å². The summed E-state index contributed by atoms with van der Waals surface area (Å²) >= 11 is 6.44. The molecule has 2 aromatic carbocycles. The van der Waals surface area contributed by atoms with Gasteiger partial charge in [-0.05, 0) is 60.7 Å². The van der Waals surface area contributed by atoms with Crippen LogP contribution in [0.2, 0.25) is 0 Å². The highest BCUT2D eigenvalue weighted by atomic mass is 35.5. The van der Waals surface area contributed by atoms with E-state index in [1.165, 1.54) is 12.1 Å². The molecule has 0 aliphatic carbocycles. The average Bonchev–Trinajstić information content (AvgIpc) is 2.34. The van der Waals surface area contributed by atoms with Crippen molar-refractivity contribution >= 4 is 11.6 Å². The Morgan fingerprint density at radius 2 is 1.47 bits per heavy atom. The highest BCUT2D eigenvalue weighted by Gasteiger charge is 2.16. The van der Waals surface area contributed by atoms with Crippen molar-refractivity contribution in [2.24, 2.45) is 0 Å². The number of alkyl halides is 1. The molecule has 2 aromatic rings. The average molecular weight is 281 g/mol. The van der Waals surface area contributed by atoms with Gasteiger partial charge in [-0.2, -0.15) is 0 Å². The van der Waals surface area contributed by atoms with E-state index in [2.05, 4.69) is 0 Å². The van der Waals surface area contributed by atoms with Crippen molar-refractivity contribution in [2.45, 2.75) is 26.1 Å². The summed E-state index contributed by atoms with van der Waals surface area (Å²) in [5.74, 6) is -0.486. The molecule has 100 valence electrons. The lowest BCUT2D eigenvalue weighted by Crippen LogP contribution is -2.00. The van der Waals surface area contributed by atoms with Crippen molar-refractivity contribution in [3.63, 3.8) is 0 Å². The third kappa shape index (κ3) is 2.79. The predicted molar refractivity (Wildman–Crippen MR) is 74.7 cm³/mol. The first-order valence-electron chi connectivity index (χ1n) is 6.07. The van der Waals surface area contributed by atoms with Gasteiger partial charge in [-0.1, -0.05) is 18.2 Å². The normalized spacial score (nSPS) is 12.5. The van der Waals surface area contributed by atoms with Gasteiger partial charge in [-0.3, -0.25) is 0 Å². The summed E-state index contributed by atoms with van der Waals surface area (Å²) in [6.07, 6.45) is 0. The van der Waals surface area contributed by atoms with E-state index in [0.717, 1.165) is 16.7 Å². The van der Waals surface area contributed by atoms with Crippen molar-refractivity contribution in [1.82, 2.24) is 0 Å². The maximum atomic E-state index is 13.6. The van der Waals surface area contributed by atoms with Crippen LogP contribution in [0.1, 0.15) is 33.2 Å². The van der Waals surface area contributed by atoms with Gasteiger partial charge in [0.25, 0.3) is 0 Å². The third-order valence-corrected chi connectivity index (χ3v) is 3.74. The summed E-state index contributed by atoms with van der Waals surface area (Å²) in [6.45, 7) is 5.25. The van der Waals surface area contributed by atoms with Crippen LogP contribution in [-0.2, 0) is 0 Å². The van der Waals surface area contributed by atoms with E-state index < -0.39 is 5.38 Å². The summed E-state index contributed by atoms with van der Waals surface area (Å²) in [5.41, 5.74) is 3.60. The minimum absolute atomic E-state index is 0.205. The number of halogens is 3. The van der Waals surface area contributed by atoms with Crippen LogP contribution in [0.3, 0.4) is 0 Å². The van der Waals surface area contributed by atoms with Crippen LogP contribution < -0.4 is 0 Å². The van der Waals surface area contributed by atoms with Crippen LogP contribution in [0, 0.1) is 32.4 Å². The topological polar surface area (TPSA) is 0 Å². The van der Waals surface area contributed by atoms with E-state index >= 15 is 0 Å². The molecule has 3 heteroatoms. The van der Waals surface area contributed by atoms with Gasteiger partial charge in [0.2, 0.25) is 0 Å². The maximum Gasteiger partial charge on any atom is 0.129 e. The molecule has 0 aromatic heterocycles. The summed E-state index contributed by atoms with van der Waals surface area (Å²) in [5, 5.41) is -0.404. The molecular weight excluding hydrogens is 266 g/mol. The maximum absolute atomic E-state index is 13.6. The SMILES string of the molecule is Cc1cc(F)ccc1C(Cl)c1cc(C)c(F)c(C)c1. The Kier molecular flexibility index (Phi) is 3.91. The number of hydrogen-bond donors (Lipinski definition) is 0. The van der Waals surface area contributed by atoms with Gasteiger partial charge >= 0.3 is 0 Å². The zero-order valence-electron chi connectivity index (χ0n) is 11.1. The van der Waals surface area contributed by atoms with Gasteiger partial charge in [-0.15, -0.1) is 11.6 Å². The molecule has 0 saturated carbocycles. The van der Waals surface area contributed by atoms with Crippen LogP contribution >= 0.6 is 11.6 Å². The van der Waals surface area contributed by atoms with E-state index in [-0.39, 0.29) is 11.6 Å². The van der Waals surface area contributed by atoms with Crippen molar-refractivity contribution in [2.75, 3.05) is 0 Å². The predicted octanol–water partition coefficient (Wildman–Crippen LogP) is 5.22. The van der Waals surface area contributed by atoms with Crippen LogP contribution in [0.5, 0.6) is 0 Å². The number of benzene rings is 2. The van der Waals surface area contributed by atoms with Crippen LogP contribution in [-0.4, -0.2) is 0 Å².